The molecular weight excluding hydrogens is 277 g/mol. The lowest BCUT2D eigenvalue weighted by atomic mass is 10.1. The van der Waals surface area contributed by atoms with Crippen molar-refractivity contribution in [1.29, 1.82) is 0 Å². The molecule has 20 heavy (non-hydrogen) atoms. The fourth-order valence-electron chi connectivity index (χ4n) is 2.23. The van der Waals surface area contributed by atoms with Crippen molar-refractivity contribution < 1.29 is 4.39 Å². The van der Waals surface area contributed by atoms with Gasteiger partial charge in [-0.25, -0.2) is 14.4 Å². The Labute approximate surface area is 122 Å². The fraction of sp³-hybridized carbons (Fsp3) is 0.333. The molecule has 0 amide bonds. The summed E-state index contributed by atoms with van der Waals surface area (Å²) in [5.74, 6) is 0.511. The zero-order valence-corrected chi connectivity index (χ0v) is 11.7. The van der Waals surface area contributed by atoms with E-state index in [-0.39, 0.29) is 5.82 Å². The Hall–Kier alpha value is -1.68. The average Bonchev–Trinajstić information content (AvgIpc) is 3.26. The van der Waals surface area contributed by atoms with Gasteiger partial charge in [-0.05, 0) is 37.0 Å². The molecule has 0 unspecified atom stereocenters. The van der Waals surface area contributed by atoms with Crippen molar-refractivity contribution in [2.45, 2.75) is 25.3 Å². The zero-order valence-electron chi connectivity index (χ0n) is 11.0. The molecule has 0 bridgehead atoms. The lowest BCUT2D eigenvalue weighted by Crippen LogP contribution is -2.29. The summed E-state index contributed by atoms with van der Waals surface area (Å²) < 4.78 is 13.2. The van der Waals surface area contributed by atoms with Gasteiger partial charge in [0.15, 0.2) is 0 Å². The summed E-state index contributed by atoms with van der Waals surface area (Å²) in [5.41, 5.74) is 0.990. The number of nitrogens with zero attached hydrogens (tertiary/aromatic N) is 3. The van der Waals surface area contributed by atoms with Gasteiger partial charge in [0, 0.05) is 12.6 Å². The molecule has 1 heterocycles. The van der Waals surface area contributed by atoms with Gasteiger partial charge in [-0.15, -0.1) is 0 Å². The van der Waals surface area contributed by atoms with E-state index in [1.807, 2.05) is 6.07 Å². The van der Waals surface area contributed by atoms with E-state index in [1.54, 1.807) is 24.5 Å². The summed E-state index contributed by atoms with van der Waals surface area (Å²) in [6.07, 6.45) is 6.33. The van der Waals surface area contributed by atoms with Crippen LogP contribution in [0.5, 0.6) is 0 Å². The van der Waals surface area contributed by atoms with Gasteiger partial charge in [0.1, 0.15) is 5.82 Å². The van der Waals surface area contributed by atoms with Gasteiger partial charge < -0.3 is 4.90 Å². The highest BCUT2D eigenvalue weighted by atomic mass is 35.5. The van der Waals surface area contributed by atoms with Gasteiger partial charge >= 0.3 is 0 Å². The highest BCUT2D eigenvalue weighted by Crippen LogP contribution is 2.30. The minimum atomic E-state index is -0.191. The normalized spacial score (nSPS) is 14.3. The number of anilines is 1. The fourth-order valence-corrected chi connectivity index (χ4v) is 2.33. The molecule has 1 aliphatic rings. The molecule has 5 heteroatoms. The molecule has 104 valence electrons. The van der Waals surface area contributed by atoms with Crippen LogP contribution in [0.4, 0.5) is 10.3 Å². The largest absolute Gasteiger partial charge is 0.338 e. The molecule has 1 aromatic carbocycles. The Bertz CT molecular complexity index is 584. The van der Waals surface area contributed by atoms with Crippen LogP contribution in [0.2, 0.25) is 5.02 Å². The van der Waals surface area contributed by atoms with Crippen molar-refractivity contribution in [3.8, 4) is 0 Å². The highest BCUT2D eigenvalue weighted by molar-refractivity contribution is 6.30. The van der Waals surface area contributed by atoms with Crippen molar-refractivity contribution >= 4 is 17.5 Å². The van der Waals surface area contributed by atoms with Gasteiger partial charge in [-0.1, -0.05) is 23.7 Å². The lowest BCUT2D eigenvalue weighted by Gasteiger charge is -2.22. The quantitative estimate of drug-likeness (QED) is 0.844. The maximum absolute atomic E-state index is 13.2. The Morgan fingerprint density at radius 3 is 2.65 bits per heavy atom. The van der Waals surface area contributed by atoms with Crippen LogP contribution in [-0.4, -0.2) is 22.6 Å². The van der Waals surface area contributed by atoms with Gasteiger partial charge in [-0.2, -0.15) is 0 Å². The average molecular weight is 292 g/mol. The van der Waals surface area contributed by atoms with E-state index in [9.17, 15) is 4.39 Å². The van der Waals surface area contributed by atoms with Crippen LogP contribution >= 0.6 is 11.6 Å². The van der Waals surface area contributed by atoms with E-state index in [0.29, 0.717) is 17.0 Å². The van der Waals surface area contributed by atoms with Gasteiger partial charge in [0.2, 0.25) is 5.95 Å². The maximum atomic E-state index is 13.2. The van der Waals surface area contributed by atoms with Gasteiger partial charge in [-0.3, -0.25) is 0 Å². The second kappa shape index (κ2) is 5.75. The van der Waals surface area contributed by atoms with Crippen LogP contribution in [0.1, 0.15) is 18.4 Å². The van der Waals surface area contributed by atoms with Crippen LogP contribution in [0.25, 0.3) is 0 Å². The Morgan fingerprint density at radius 2 is 2.00 bits per heavy atom. The summed E-state index contributed by atoms with van der Waals surface area (Å²) in [5, 5.41) is 0.537. The van der Waals surface area contributed by atoms with Crippen LogP contribution in [0.15, 0.2) is 36.7 Å². The van der Waals surface area contributed by atoms with Crippen LogP contribution in [0.3, 0.4) is 0 Å². The number of benzene rings is 1. The van der Waals surface area contributed by atoms with E-state index in [2.05, 4.69) is 14.9 Å². The second-order valence-corrected chi connectivity index (χ2v) is 5.44. The molecule has 1 fully saturated rings. The summed E-state index contributed by atoms with van der Waals surface area (Å²) in [7, 11) is 0. The summed E-state index contributed by atoms with van der Waals surface area (Å²) in [6.45, 7) is 0.787. The third-order valence-electron chi connectivity index (χ3n) is 3.38. The van der Waals surface area contributed by atoms with E-state index in [4.69, 9.17) is 11.6 Å². The molecule has 0 radical (unpaired) electrons. The van der Waals surface area contributed by atoms with Gasteiger partial charge in [0.05, 0.1) is 17.4 Å². The summed E-state index contributed by atoms with van der Waals surface area (Å²) in [4.78, 5) is 10.7. The smallest absolute Gasteiger partial charge is 0.225 e. The van der Waals surface area contributed by atoms with E-state index in [1.165, 1.54) is 6.07 Å². The molecule has 0 aliphatic heterocycles. The molecule has 1 aliphatic carbocycles. The van der Waals surface area contributed by atoms with Gasteiger partial charge in [0.25, 0.3) is 0 Å². The molecule has 3 nitrogen and oxygen atoms in total. The molecule has 0 spiro atoms. The molecule has 1 aromatic heterocycles. The van der Waals surface area contributed by atoms with Crippen LogP contribution in [0, 0.1) is 5.82 Å². The first-order valence-electron chi connectivity index (χ1n) is 6.71. The SMILES string of the molecule is Fc1cccc(CCN(c2ncc(Cl)cn2)C2CC2)c1. The molecule has 0 N–H and O–H groups in total. The monoisotopic (exact) mass is 291 g/mol. The van der Waals surface area contributed by atoms with E-state index < -0.39 is 0 Å². The number of hydrogen-bond donors (Lipinski definition) is 0. The third kappa shape index (κ3) is 3.25. The number of halogens is 2. The minimum Gasteiger partial charge on any atom is -0.338 e. The minimum absolute atomic E-state index is 0.191. The molecule has 1 saturated carbocycles. The molecule has 0 atom stereocenters. The third-order valence-corrected chi connectivity index (χ3v) is 3.58. The van der Waals surface area contributed by atoms with Crippen molar-refractivity contribution in [2.75, 3.05) is 11.4 Å². The zero-order chi connectivity index (χ0) is 13.9. The predicted octanol–water partition coefficient (Wildman–Crippen LogP) is 3.48. The first kappa shape index (κ1) is 13.3. The molecule has 2 aromatic rings. The summed E-state index contributed by atoms with van der Waals surface area (Å²) >= 11 is 5.82. The van der Waals surface area contributed by atoms with E-state index in [0.717, 1.165) is 31.4 Å². The topological polar surface area (TPSA) is 29.0 Å². The van der Waals surface area contributed by atoms with Crippen molar-refractivity contribution in [2.24, 2.45) is 0 Å². The highest BCUT2D eigenvalue weighted by Gasteiger charge is 2.30. The number of rotatable bonds is 5. The first-order chi connectivity index (χ1) is 9.72. The number of hydrogen-bond acceptors (Lipinski definition) is 3. The first-order valence-corrected chi connectivity index (χ1v) is 7.09. The standard InChI is InChI=1S/C15H15ClFN3/c16-12-9-18-15(19-10-12)20(14-4-5-14)7-6-11-2-1-3-13(17)8-11/h1-3,8-10,14H,4-7H2. The summed E-state index contributed by atoms with van der Waals surface area (Å²) in [6, 6.07) is 7.23. The predicted molar refractivity (Wildman–Crippen MR) is 77.5 cm³/mol. The second-order valence-electron chi connectivity index (χ2n) is 5.01. The molecular formula is C15H15ClFN3. The van der Waals surface area contributed by atoms with Crippen molar-refractivity contribution in [1.82, 2.24) is 9.97 Å². The lowest BCUT2D eigenvalue weighted by molar-refractivity contribution is 0.624. The maximum Gasteiger partial charge on any atom is 0.225 e. The Kier molecular flexibility index (Phi) is 3.83. The van der Waals surface area contributed by atoms with Crippen LogP contribution < -0.4 is 4.90 Å². The number of aromatic nitrogens is 2. The van der Waals surface area contributed by atoms with E-state index >= 15 is 0 Å². The molecule has 0 saturated heterocycles. The Morgan fingerprint density at radius 1 is 1.25 bits per heavy atom. The molecule has 3 rings (SSSR count). The van der Waals surface area contributed by atoms with Crippen LogP contribution in [-0.2, 0) is 6.42 Å². The van der Waals surface area contributed by atoms with Crippen molar-refractivity contribution in [3.63, 3.8) is 0 Å². The Balaban J connectivity index is 1.70. The van der Waals surface area contributed by atoms with Crippen molar-refractivity contribution in [3.05, 3.63) is 53.1 Å².